The van der Waals surface area contributed by atoms with Crippen molar-refractivity contribution in [1.29, 1.82) is 0 Å². The van der Waals surface area contributed by atoms with Gasteiger partial charge in [0.15, 0.2) is 6.61 Å². The quantitative estimate of drug-likeness (QED) is 0.562. The zero-order chi connectivity index (χ0) is 20.9. The summed E-state index contributed by atoms with van der Waals surface area (Å²) >= 11 is 5.86. The minimum Gasteiger partial charge on any atom is -0.497 e. The number of methoxy groups -OCH3 is 1. The summed E-state index contributed by atoms with van der Waals surface area (Å²) < 4.78 is 37.7. The number of hydrogen-bond acceptors (Lipinski definition) is 5. The van der Waals surface area contributed by atoms with Crippen LogP contribution in [0.2, 0.25) is 5.02 Å². The third-order valence-electron chi connectivity index (χ3n) is 3.99. The Morgan fingerprint density at radius 3 is 2.10 bits per heavy atom. The van der Waals surface area contributed by atoms with Crippen molar-refractivity contribution >= 4 is 33.2 Å². The number of hydrogen-bond donors (Lipinski definition) is 0. The van der Waals surface area contributed by atoms with Crippen molar-refractivity contribution in [1.82, 2.24) is 0 Å². The molecule has 0 fully saturated rings. The number of nitrogens with zero attached hydrogens (tertiary/aromatic N) is 1. The molecule has 0 atom stereocenters. The third kappa shape index (κ3) is 4.88. The normalized spacial score (nSPS) is 11.0. The van der Waals surface area contributed by atoms with Gasteiger partial charge in [0.1, 0.15) is 11.5 Å². The van der Waals surface area contributed by atoms with E-state index in [4.69, 9.17) is 21.1 Å². The van der Waals surface area contributed by atoms with Crippen molar-refractivity contribution < 1.29 is 22.7 Å². The highest BCUT2D eigenvalue weighted by atomic mass is 35.5. The molecule has 0 aliphatic rings. The van der Waals surface area contributed by atoms with Gasteiger partial charge < -0.3 is 9.47 Å². The van der Waals surface area contributed by atoms with Crippen LogP contribution in [0.25, 0.3) is 0 Å². The van der Waals surface area contributed by atoms with Crippen molar-refractivity contribution in [2.45, 2.75) is 4.90 Å². The molecule has 0 spiro atoms. The zero-order valence-electron chi connectivity index (χ0n) is 15.5. The Balaban J connectivity index is 1.96. The number of benzene rings is 3. The summed E-state index contributed by atoms with van der Waals surface area (Å²) in [6.07, 6.45) is 0. The molecule has 0 aromatic heterocycles. The number of para-hydroxylation sites is 1. The third-order valence-corrected chi connectivity index (χ3v) is 6.01. The molecule has 0 aliphatic heterocycles. The van der Waals surface area contributed by atoms with Crippen LogP contribution in [0.5, 0.6) is 11.5 Å². The topological polar surface area (TPSA) is 72.9 Å². The van der Waals surface area contributed by atoms with Crippen molar-refractivity contribution in [3.8, 4) is 11.5 Å². The Hall–Kier alpha value is -3.03. The van der Waals surface area contributed by atoms with Gasteiger partial charge in [-0.2, -0.15) is 4.31 Å². The van der Waals surface area contributed by atoms with Crippen LogP contribution in [-0.4, -0.2) is 28.0 Å². The predicted octanol–water partition coefficient (Wildman–Crippen LogP) is 4.15. The van der Waals surface area contributed by atoms with Crippen LogP contribution in [0, 0.1) is 0 Å². The second kappa shape index (κ2) is 8.98. The van der Waals surface area contributed by atoms with Gasteiger partial charge in [0.05, 0.1) is 17.7 Å². The van der Waals surface area contributed by atoms with Crippen molar-refractivity contribution in [2.24, 2.45) is 0 Å². The molecule has 8 heteroatoms. The Morgan fingerprint density at radius 2 is 1.52 bits per heavy atom. The maximum absolute atomic E-state index is 13.2. The van der Waals surface area contributed by atoms with Crippen LogP contribution in [0.3, 0.4) is 0 Å². The average molecular weight is 432 g/mol. The minimum absolute atomic E-state index is 0.0641. The Morgan fingerprint density at radius 1 is 0.897 bits per heavy atom. The lowest BCUT2D eigenvalue weighted by Crippen LogP contribution is -2.40. The van der Waals surface area contributed by atoms with E-state index in [2.05, 4.69) is 0 Å². The molecule has 3 aromatic carbocycles. The van der Waals surface area contributed by atoms with Crippen LogP contribution in [-0.2, 0) is 14.8 Å². The van der Waals surface area contributed by atoms with E-state index >= 15 is 0 Å². The molecule has 29 heavy (non-hydrogen) atoms. The zero-order valence-corrected chi connectivity index (χ0v) is 17.1. The molecular weight excluding hydrogens is 414 g/mol. The molecule has 150 valence electrons. The molecule has 0 saturated carbocycles. The summed E-state index contributed by atoms with van der Waals surface area (Å²) in [4.78, 5) is 12.9. The number of halogens is 1. The van der Waals surface area contributed by atoms with Gasteiger partial charge >= 0.3 is 0 Å². The molecular formula is C21H18ClNO5S. The van der Waals surface area contributed by atoms with Crippen LogP contribution in [0.15, 0.2) is 83.8 Å². The van der Waals surface area contributed by atoms with Gasteiger partial charge in [-0.05, 0) is 60.7 Å². The van der Waals surface area contributed by atoms with Crippen molar-refractivity contribution in [3.63, 3.8) is 0 Å². The van der Waals surface area contributed by atoms with E-state index in [0.29, 0.717) is 16.5 Å². The predicted molar refractivity (Wildman–Crippen MR) is 111 cm³/mol. The fraction of sp³-hybridized carbons (Fsp3) is 0.0952. The number of sulfonamides is 1. The van der Waals surface area contributed by atoms with Crippen LogP contribution in [0.1, 0.15) is 0 Å². The molecule has 0 unspecified atom stereocenters. The van der Waals surface area contributed by atoms with Gasteiger partial charge in [0, 0.05) is 5.02 Å². The summed E-state index contributed by atoms with van der Waals surface area (Å²) in [6.45, 7) is -0.455. The number of carbonyl (C=O) groups excluding carboxylic acids is 1. The van der Waals surface area contributed by atoms with Gasteiger partial charge in [-0.1, -0.05) is 29.8 Å². The van der Waals surface area contributed by atoms with Crippen molar-refractivity contribution in [3.05, 3.63) is 83.9 Å². The molecule has 0 bridgehead atoms. The van der Waals surface area contributed by atoms with E-state index < -0.39 is 22.5 Å². The Kier molecular flexibility index (Phi) is 6.41. The Bertz CT molecular complexity index is 1070. The first kappa shape index (κ1) is 20.7. The maximum atomic E-state index is 13.2. The van der Waals surface area contributed by atoms with E-state index in [1.165, 1.54) is 43.5 Å². The molecule has 0 saturated heterocycles. The number of rotatable bonds is 7. The molecule has 0 aliphatic carbocycles. The molecule has 3 rings (SSSR count). The molecule has 0 radical (unpaired) electrons. The standard InChI is InChI=1S/C21H18ClNO5S/c1-27-18-11-9-17(10-12-18)23(21(24)15-28-19-5-3-2-4-6-19)29(25,26)20-13-7-16(22)8-14-20/h2-14H,15H2,1H3. The first-order chi connectivity index (χ1) is 13.9. The van der Waals surface area contributed by atoms with Gasteiger partial charge in [0.2, 0.25) is 0 Å². The fourth-order valence-corrected chi connectivity index (χ4v) is 4.10. The SMILES string of the molecule is COc1ccc(N(C(=O)COc2ccccc2)S(=O)(=O)c2ccc(Cl)cc2)cc1. The Labute approximate surface area is 174 Å². The lowest BCUT2D eigenvalue weighted by molar-refractivity contribution is -0.119. The first-order valence-corrected chi connectivity index (χ1v) is 10.4. The average Bonchev–Trinajstić information content (AvgIpc) is 2.74. The van der Waals surface area contributed by atoms with E-state index in [1.54, 1.807) is 36.4 Å². The van der Waals surface area contributed by atoms with Gasteiger partial charge in [-0.15, -0.1) is 0 Å². The lowest BCUT2D eigenvalue weighted by Gasteiger charge is -2.23. The van der Waals surface area contributed by atoms with Crippen LogP contribution in [0.4, 0.5) is 5.69 Å². The van der Waals surface area contributed by atoms with Gasteiger partial charge in [0.25, 0.3) is 15.9 Å². The van der Waals surface area contributed by atoms with Gasteiger partial charge in [-0.3, -0.25) is 4.79 Å². The molecule has 1 amide bonds. The number of amides is 1. The number of carbonyl (C=O) groups is 1. The summed E-state index contributed by atoms with van der Waals surface area (Å²) in [6, 6.07) is 20.4. The molecule has 0 heterocycles. The van der Waals surface area contributed by atoms with Gasteiger partial charge in [-0.25, -0.2) is 8.42 Å². The van der Waals surface area contributed by atoms with Crippen LogP contribution >= 0.6 is 11.6 Å². The van der Waals surface area contributed by atoms with E-state index in [9.17, 15) is 13.2 Å². The second-order valence-electron chi connectivity index (χ2n) is 5.92. The fourth-order valence-electron chi connectivity index (χ4n) is 2.57. The summed E-state index contributed by atoms with van der Waals surface area (Å²) in [5, 5.41) is 0.388. The van der Waals surface area contributed by atoms with Crippen molar-refractivity contribution in [2.75, 3.05) is 18.0 Å². The lowest BCUT2D eigenvalue weighted by atomic mass is 10.3. The molecule has 6 nitrogen and oxygen atoms in total. The minimum atomic E-state index is -4.19. The van der Waals surface area contributed by atoms with E-state index in [1.807, 2.05) is 6.07 Å². The molecule has 0 N–H and O–H groups in total. The highest BCUT2D eigenvalue weighted by molar-refractivity contribution is 7.93. The maximum Gasteiger partial charge on any atom is 0.278 e. The largest absolute Gasteiger partial charge is 0.497 e. The monoisotopic (exact) mass is 431 g/mol. The number of anilines is 1. The highest BCUT2D eigenvalue weighted by Crippen LogP contribution is 2.27. The first-order valence-electron chi connectivity index (χ1n) is 8.57. The second-order valence-corrected chi connectivity index (χ2v) is 8.14. The number of ether oxygens (including phenoxy) is 2. The summed E-state index contributed by atoms with van der Waals surface area (Å²) in [5.41, 5.74) is 0.169. The highest BCUT2D eigenvalue weighted by Gasteiger charge is 2.31. The summed E-state index contributed by atoms with van der Waals surface area (Å²) in [7, 11) is -2.69. The summed E-state index contributed by atoms with van der Waals surface area (Å²) in [5.74, 6) is 0.249. The van der Waals surface area contributed by atoms with E-state index in [0.717, 1.165) is 4.31 Å². The van der Waals surface area contributed by atoms with Crippen LogP contribution < -0.4 is 13.8 Å². The smallest absolute Gasteiger partial charge is 0.278 e. The molecule has 3 aromatic rings. The van der Waals surface area contributed by atoms with E-state index in [-0.39, 0.29) is 10.6 Å².